The largest absolute Gasteiger partial charge is 0.339 e. The number of hydrogen-bond donors (Lipinski definition) is 1. The fourth-order valence-corrected chi connectivity index (χ4v) is 3.97. The van der Waals surface area contributed by atoms with Crippen LogP contribution in [0.3, 0.4) is 0 Å². The fourth-order valence-electron chi connectivity index (χ4n) is 2.16. The van der Waals surface area contributed by atoms with E-state index in [0.717, 1.165) is 0 Å². The van der Waals surface area contributed by atoms with Crippen molar-refractivity contribution in [1.29, 1.82) is 0 Å². The third-order valence-corrected chi connectivity index (χ3v) is 5.28. The molecule has 1 N–H and O–H groups in total. The summed E-state index contributed by atoms with van der Waals surface area (Å²) in [4.78, 5) is 13.9. The number of nitrogens with one attached hydrogen (secondary N) is 1. The predicted octanol–water partition coefficient (Wildman–Crippen LogP) is 1.04. The number of rotatable bonds is 3. The van der Waals surface area contributed by atoms with Crippen LogP contribution in [0, 0.1) is 0 Å². The molecule has 1 aliphatic heterocycles. The Hall–Kier alpha value is -0.920. The quantitative estimate of drug-likeness (QED) is 0.874. The predicted molar refractivity (Wildman–Crippen MR) is 80.2 cm³/mol. The van der Waals surface area contributed by atoms with Crippen molar-refractivity contribution in [1.82, 2.24) is 10.2 Å². The molecule has 0 saturated carbocycles. The molecule has 0 bridgehead atoms. The first-order chi connectivity index (χ1) is 9.38. The van der Waals surface area contributed by atoms with Gasteiger partial charge in [0.05, 0.1) is 4.90 Å². The Morgan fingerprint density at radius 1 is 1.50 bits per heavy atom. The number of sulfone groups is 1. The molecule has 1 amide bonds. The van der Waals surface area contributed by atoms with Gasteiger partial charge in [0.2, 0.25) is 5.91 Å². The van der Waals surface area contributed by atoms with E-state index in [1.807, 2.05) is 6.92 Å². The Labute approximate surface area is 127 Å². The average molecular weight is 361 g/mol. The zero-order valence-corrected chi connectivity index (χ0v) is 13.6. The van der Waals surface area contributed by atoms with Crippen LogP contribution in [0.25, 0.3) is 0 Å². The van der Waals surface area contributed by atoms with E-state index in [1.165, 1.54) is 12.1 Å². The van der Waals surface area contributed by atoms with E-state index in [2.05, 4.69) is 21.2 Å². The van der Waals surface area contributed by atoms with Gasteiger partial charge in [-0.05, 0) is 25.1 Å². The van der Waals surface area contributed by atoms with Crippen molar-refractivity contribution in [3.05, 3.63) is 28.7 Å². The molecule has 7 heteroatoms. The highest BCUT2D eigenvalue weighted by atomic mass is 79.9. The van der Waals surface area contributed by atoms with Crippen LogP contribution >= 0.6 is 15.9 Å². The van der Waals surface area contributed by atoms with Gasteiger partial charge < -0.3 is 10.2 Å². The summed E-state index contributed by atoms with van der Waals surface area (Å²) < 4.78 is 25.2. The summed E-state index contributed by atoms with van der Waals surface area (Å²) in [7, 11) is -3.59. The highest BCUT2D eigenvalue weighted by Crippen LogP contribution is 2.17. The Kier molecular flexibility index (Phi) is 4.82. The van der Waals surface area contributed by atoms with E-state index in [4.69, 9.17) is 0 Å². The number of halogens is 1. The normalized spacial score (nSPS) is 19.9. The van der Waals surface area contributed by atoms with Crippen molar-refractivity contribution in [3.8, 4) is 0 Å². The summed E-state index contributed by atoms with van der Waals surface area (Å²) in [5.74, 6) is -0.811. The first kappa shape index (κ1) is 15.5. The van der Waals surface area contributed by atoms with Crippen molar-refractivity contribution in [2.75, 3.05) is 25.4 Å². The molecule has 2 rings (SSSR count). The van der Waals surface area contributed by atoms with Crippen molar-refractivity contribution >= 4 is 31.7 Å². The standard InChI is InChI=1S/C13H17BrN2O3S/c1-10-8-16(6-5-15-10)13(17)9-20(18,19)12-4-2-3-11(14)7-12/h2-4,7,10,15H,5-6,8-9H2,1H3. The Bertz CT molecular complexity index is 603. The van der Waals surface area contributed by atoms with Crippen LogP contribution in [-0.2, 0) is 14.6 Å². The number of benzene rings is 1. The van der Waals surface area contributed by atoms with Crippen molar-refractivity contribution in [2.45, 2.75) is 17.9 Å². The van der Waals surface area contributed by atoms with Gasteiger partial charge in [-0.1, -0.05) is 22.0 Å². The van der Waals surface area contributed by atoms with Gasteiger partial charge in [-0.15, -0.1) is 0 Å². The van der Waals surface area contributed by atoms with Crippen LogP contribution < -0.4 is 5.32 Å². The second-order valence-corrected chi connectivity index (χ2v) is 7.82. The minimum Gasteiger partial charge on any atom is -0.339 e. The second kappa shape index (κ2) is 6.24. The molecule has 1 saturated heterocycles. The van der Waals surface area contributed by atoms with Gasteiger partial charge in [0.15, 0.2) is 9.84 Å². The van der Waals surface area contributed by atoms with Crippen LogP contribution in [0.2, 0.25) is 0 Å². The van der Waals surface area contributed by atoms with E-state index in [0.29, 0.717) is 24.1 Å². The van der Waals surface area contributed by atoms with Gasteiger partial charge in [-0.25, -0.2) is 8.42 Å². The van der Waals surface area contributed by atoms with E-state index in [-0.39, 0.29) is 16.8 Å². The van der Waals surface area contributed by atoms with Crippen LogP contribution in [0.1, 0.15) is 6.92 Å². The van der Waals surface area contributed by atoms with Crippen molar-refractivity contribution in [2.24, 2.45) is 0 Å². The van der Waals surface area contributed by atoms with Gasteiger partial charge in [0, 0.05) is 30.1 Å². The SMILES string of the molecule is CC1CN(C(=O)CS(=O)(=O)c2cccc(Br)c2)CCN1. The van der Waals surface area contributed by atoms with Gasteiger partial charge >= 0.3 is 0 Å². The number of carbonyl (C=O) groups excluding carboxylic acids is 1. The summed E-state index contributed by atoms with van der Waals surface area (Å²) in [6, 6.07) is 6.62. The maximum Gasteiger partial charge on any atom is 0.238 e. The molecule has 0 aliphatic carbocycles. The molecule has 1 aromatic carbocycles. The lowest BCUT2D eigenvalue weighted by Gasteiger charge is -2.31. The van der Waals surface area contributed by atoms with Gasteiger partial charge in [-0.3, -0.25) is 4.79 Å². The first-order valence-corrected chi connectivity index (χ1v) is 8.82. The Balaban J connectivity index is 2.10. The lowest BCUT2D eigenvalue weighted by atomic mass is 10.2. The highest BCUT2D eigenvalue weighted by molar-refractivity contribution is 9.10. The maximum atomic E-state index is 12.2. The van der Waals surface area contributed by atoms with Crippen LogP contribution in [0.15, 0.2) is 33.6 Å². The molecule has 1 heterocycles. The second-order valence-electron chi connectivity index (χ2n) is 4.91. The number of carbonyl (C=O) groups is 1. The fraction of sp³-hybridized carbons (Fsp3) is 0.462. The first-order valence-electron chi connectivity index (χ1n) is 6.38. The summed E-state index contributed by atoms with van der Waals surface area (Å²) >= 11 is 3.24. The summed E-state index contributed by atoms with van der Waals surface area (Å²) in [6.07, 6.45) is 0. The minimum atomic E-state index is -3.59. The molecular formula is C13H17BrN2O3S. The van der Waals surface area contributed by atoms with Crippen LogP contribution in [0.4, 0.5) is 0 Å². The molecule has 1 unspecified atom stereocenters. The van der Waals surface area contributed by atoms with Crippen molar-refractivity contribution in [3.63, 3.8) is 0 Å². The highest BCUT2D eigenvalue weighted by Gasteiger charge is 2.26. The van der Waals surface area contributed by atoms with E-state index < -0.39 is 15.6 Å². The van der Waals surface area contributed by atoms with Gasteiger partial charge in [0.1, 0.15) is 5.75 Å². The van der Waals surface area contributed by atoms with E-state index >= 15 is 0 Å². The van der Waals surface area contributed by atoms with Crippen molar-refractivity contribution < 1.29 is 13.2 Å². The van der Waals surface area contributed by atoms with Crippen LogP contribution in [0.5, 0.6) is 0 Å². The minimum absolute atomic E-state index is 0.170. The molecular weight excluding hydrogens is 344 g/mol. The maximum absolute atomic E-state index is 12.2. The molecule has 1 fully saturated rings. The summed E-state index contributed by atoms with van der Waals surface area (Å²) in [5, 5.41) is 3.22. The van der Waals surface area contributed by atoms with E-state index in [9.17, 15) is 13.2 Å². The number of amides is 1. The molecule has 1 aromatic rings. The molecule has 0 spiro atoms. The molecule has 20 heavy (non-hydrogen) atoms. The molecule has 5 nitrogen and oxygen atoms in total. The van der Waals surface area contributed by atoms with Crippen LogP contribution in [-0.4, -0.2) is 50.7 Å². The number of hydrogen-bond acceptors (Lipinski definition) is 4. The molecule has 110 valence electrons. The van der Waals surface area contributed by atoms with Gasteiger partial charge in [-0.2, -0.15) is 0 Å². The lowest BCUT2D eigenvalue weighted by Crippen LogP contribution is -2.52. The number of piperazine rings is 1. The summed E-state index contributed by atoms with van der Waals surface area (Å²) in [5.41, 5.74) is 0. The molecule has 1 aliphatic rings. The lowest BCUT2D eigenvalue weighted by molar-refractivity contribution is -0.129. The molecule has 0 radical (unpaired) electrons. The zero-order chi connectivity index (χ0) is 14.8. The summed E-state index contributed by atoms with van der Waals surface area (Å²) in [6.45, 7) is 3.77. The topological polar surface area (TPSA) is 66.5 Å². The Morgan fingerprint density at radius 3 is 2.90 bits per heavy atom. The van der Waals surface area contributed by atoms with E-state index in [1.54, 1.807) is 17.0 Å². The molecule has 0 aromatic heterocycles. The molecule has 1 atom stereocenters. The third-order valence-electron chi connectivity index (χ3n) is 3.19. The average Bonchev–Trinajstić information content (AvgIpc) is 2.38. The number of nitrogens with zero attached hydrogens (tertiary/aromatic N) is 1. The van der Waals surface area contributed by atoms with Gasteiger partial charge in [0.25, 0.3) is 0 Å². The third kappa shape index (κ3) is 3.80. The smallest absolute Gasteiger partial charge is 0.238 e. The zero-order valence-electron chi connectivity index (χ0n) is 11.2. The monoisotopic (exact) mass is 360 g/mol. The Morgan fingerprint density at radius 2 is 2.25 bits per heavy atom.